The largest absolute Gasteiger partial charge is 0.396 e. The minimum atomic E-state index is 0.704. The number of aromatic nitrogens is 2. The fourth-order valence-electron chi connectivity index (χ4n) is 1.38. The van der Waals surface area contributed by atoms with E-state index in [9.17, 15) is 0 Å². The summed E-state index contributed by atoms with van der Waals surface area (Å²) in [5.74, 6) is 0. The van der Waals surface area contributed by atoms with Gasteiger partial charge < -0.3 is 5.73 Å². The lowest BCUT2D eigenvalue weighted by Gasteiger charge is -2.02. The molecule has 0 unspecified atom stereocenters. The third-order valence-corrected chi connectivity index (χ3v) is 2.90. The molecule has 0 bridgehead atoms. The Morgan fingerprint density at radius 2 is 2.07 bits per heavy atom. The van der Waals surface area contributed by atoms with Crippen LogP contribution in [0.1, 0.15) is 5.56 Å². The molecule has 2 rings (SSSR count). The van der Waals surface area contributed by atoms with Crippen LogP contribution < -0.4 is 5.73 Å². The summed E-state index contributed by atoms with van der Waals surface area (Å²) in [5, 5.41) is 4.14. The van der Waals surface area contributed by atoms with Gasteiger partial charge in [-0.1, -0.05) is 12.1 Å². The molecule has 0 aliphatic carbocycles. The van der Waals surface area contributed by atoms with E-state index >= 15 is 0 Å². The Morgan fingerprint density at radius 3 is 2.60 bits per heavy atom. The second kappa shape index (κ2) is 4.40. The normalized spacial score (nSPS) is 10.5. The molecule has 1 aromatic carbocycles. The van der Waals surface area contributed by atoms with Crippen LogP contribution in [-0.2, 0) is 6.54 Å². The van der Waals surface area contributed by atoms with Crippen LogP contribution in [0.25, 0.3) is 0 Å². The van der Waals surface area contributed by atoms with Crippen molar-refractivity contribution in [1.29, 1.82) is 0 Å². The molecule has 2 aromatic rings. The highest BCUT2D eigenvalue weighted by molar-refractivity contribution is 7.98. The standard InChI is InChI=1S/C11H13N3S/c1-15-11-4-2-9(3-5-11)7-14-8-10(12)6-13-14/h2-6,8H,7,12H2,1H3. The molecule has 0 aliphatic heterocycles. The van der Waals surface area contributed by atoms with Gasteiger partial charge in [0.2, 0.25) is 0 Å². The number of nitrogens with zero attached hydrogens (tertiary/aromatic N) is 2. The molecule has 0 fully saturated rings. The number of rotatable bonds is 3. The topological polar surface area (TPSA) is 43.8 Å². The first-order chi connectivity index (χ1) is 7.28. The van der Waals surface area contributed by atoms with Crippen LogP contribution in [0, 0.1) is 0 Å². The van der Waals surface area contributed by atoms with Gasteiger partial charge in [0.05, 0.1) is 18.4 Å². The number of hydrogen-bond donors (Lipinski definition) is 1. The Balaban J connectivity index is 2.11. The number of anilines is 1. The number of thioether (sulfide) groups is 1. The lowest BCUT2D eigenvalue weighted by Crippen LogP contribution is -1.99. The smallest absolute Gasteiger partial charge is 0.0719 e. The molecule has 0 aliphatic rings. The van der Waals surface area contributed by atoms with Gasteiger partial charge in [-0.05, 0) is 24.0 Å². The molecule has 2 N–H and O–H groups in total. The molecular formula is C11H13N3S. The van der Waals surface area contributed by atoms with E-state index in [2.05, 4.69) is 35.6 Å². The van der Waals surface area contributed by atoms with Crippen LogP contribution >= 0.6 is 11.8 Å². The highest BCUT2D eigenvalue weighted by Crippen LogP contribution is 2.15. The van der Waals surface area contributed by atoms with Crippen molar-refractivity contribution in [2.45, 2.75) is 11.4 Å². The predicted octanol–water partition coefficient (Wildman–Crippen LogP) is 2.24. The molecule has 0 spiro atoms. The minimum absolute atomic E-state index is 0.704. The van der Waals surface area contributed by atoms with E-state index in [0.717, 1.165) is 6.54 Å². The average molecular weight is 219 g/mol. The van der Waals surface area contributed by atoms with Crippen molar-refractivity contribution in [3.05, 3.63) is 42.2 Å². The van der Waals surface area contributed by atoms with E-state index in [4.69, 9.17) is 5.73 Å². The van der Waals surface area contributed by atoms with E-state index in [1.165, 1.54) is 10.5 Å². The molecular weight excluding hydrogens is 206 g/mol. The highest BCUT2D eigenvalue weighted by atomic mass is 32.2. The zero-order chi connectivity index (χ0) is 10.7. The lowest BCUT2D eigenvalue weighted by molar-refractivity contribution is 0.686. The summed E-state index contributed by atoms with van der Waals surface area (Å²) in [4.78, 5) is 1.28. The molecule has 0 saturated heterocycles. The van der Waals surface area contributed by atoms with Crippen molar-refractivity contribution < 1.29 is 0 Å². The van der Waals surface area contributed by atoms with E-state index in [0.29, 0.717) is 5.69 Å². The van der Waals surface area contributed by atoms with Gasteiger partial charge in [-0.25, -0.2) is 0 Å². The molecule has 0 radical (unpaired) electrons. The Kier molecular flexibility index (Phi) is 2.97. The first-order valence-electron chi connectivity index (χ1n) is 4.69. The number of hydrogen-bond acceptors (Lipinski definition) is 3. The van der Waals surface area contributed by atoms with E-state index in [1.54, 1.807) is 18.0 Å². The molecule has 0 saturated carbocycles. The summed E-state index contributed by atoms with van der Waals surface area (Å²) in [6.07, 6.45) is 5.57. The van der Waals surface area contributed by atoms with Crippen molar-refractivity contribution in [2.75, 3.05) is 12.0 Å². The summed E-state index contributed by atoms with van der Waals surface area (Å²) in [5.41, 5.74) is 7.53. The summed E-state index contributed by atoms with van der Waals surface area (Å²) in [6, 6.07) is 8.47. The zero-order valence-electron chi connectivity index (χ0n) is 8.55. The molecule has 0 atom stereocenters. The van der Waals surface area contributed by atoms with Crippen LogP contribution in [-0.4, -0.2) is 16.0 Å². The highest BCUT2D eigenvalue weighted by Gasteiger charge is 1.97. The van der Waals surface area contributed by atoms with Gasteiger partial charge in [-0.15, -0.1) is 11.8 Å². The van der Waals surface area contributed by atoms with Gasteiger partial charge in [0.15, 0.2) is 0 Å². The molecule has 4 heteroatoms. The maximum atomic E-state index is 5.59. The Morgan fingerprint density at radius 1 is 1.33 bits per heavy atom. The van der Waals surface area contributed by atoms with Crippen LogP contribution in [0.15, 0.2) is 41.6 Å². The third kappa shape index (κ3) is 2.53. The molecule has 15 heavy (non-hydrogen) atoms. The summed E-state index contributed by atoms with van der Waals surface area (Å²) >= 11 is 1.75. The molecule has 0 amide bonds. The van der Waals surface area contributed by atoms with Crippen LogP contribution in [0.2, 0.25) is 0 Å². The molecule has 1 aromatic heterocycles. The SMILES string of the molecule is CSc1ccc(Cn2cc(N)cn2)cc1. The monoisotopic (exact) mass is 219 g/mol. The minimum Gasteiger partial charge on any atom is -0.396 e. The fraction of sp³-hybridized carbons (Fsp3) is 0.182. The van der Waals surface area contributed by atoms with Gasteiger partial charge in [-0.3, -0.25) is 4.68 Å². The van der Waals surface area contributed by atoms with Crippen molar-refractivity contribution in [3.8, 4) is 0 Å². The quantitative estimate of drug-likeness (QED) is 0.805. The van der Waals surface area contributed by atoms with Crippen LogP contribution in [0.4, 0.5) is 5.69 Å². The predicted molar refractivity (Wildman–Crippen MR) is 64.0 cm³/mol. The summed E-state index contributed by atoms with van der Waals surface area (Å²) < 4.78 is 1.84. The van der Waals surface area contributed by atoms with Crippen LogP contribution in [0.5, 0.6) is 0 Å². The number of benzene rings is 1. The summed E-state index contributed by atoms with van der Waals surface area (Å²) in [7, 11) is 0. The second-order valence-electron chi connectivity index (χ2n) is 3.32. The van der Waals surface area contributed by atoms with E-state index < -0.39 is 0 Å². The van der Waals surface area contributed by atoms with Crippen molar-refractivity contribution in [2.24, 2.45) is 0 Å². The van der Waals surface area contributed by atoms with Gasteiger partial charge in [0.25, 0.3) is 0 Å². The van der Waals surface area contributed by atoms with Crippen LogP contribution in [0.3, 0.4) is 0 Å². The number of nitrogen functional groups attached to an aromatic ring is 1. The first-order valence-corrected chi connectivity index (χ1v) is 5.91. The maximum Gasteiger partial charge on any atom is 0.0719 e. The van der Waals surface area contributed by atoms with E-state index in [1.807, 2.05) is 10.9 Å². The first kappa shape index (κ1) is 10.1. The van der Waals surface area contributed by atoms with Crippen molar-refractivity contribution in [3.63, 3.8) is 0 Å². The average Bonchev–Trinajstić information content (AvgIpc) is 2.65. The zero-order valence-corrected chi connectivity index (χ0v) is 9.37. The lowest BCUT2D eigenvalue weighted by atomic mass is 10.2. The van der Waals surface area contributed by atoms with Gasteiger partial charge in [0.1, 0.15) is 0 Å². The Bertz CT molecular complexity index is 433. The maximum absolute atomic E-state index is 5.59. The Hall–Kier alpha value is -1.42. The van der Waals surface area contributed by atoms with Gasteiger partial charge in [-0.2, -0.15) is 5.10 Å². The third-order valence-electron chi connectivity index (χ3n) is 2.16. The molecule has 1 heterocycles. The van der Waals surface area contributed by atoms with Gasteiger partial charge >= 0.3 is 0 Å². The van der Waals surface area contributed by atoms with Crippen molar-refractivity contribution >= 4 is 17.4 Å². The molecule has 78 valence electrons. The molecule has 3 nitrogen and oxygen atoms in total. The van der Waals surface area contributed by atoms with E-state index in [-0.39, 0.29) is 0 Å². The second-order valence-corrected chi connectivity index (χ2v) is 4.20. The van der Waals surface area contributed by atoms with Crippen molar-refractivity contribution in [1.82, 2.24) is 9.78 Å². The number of nitrogens with two attached hydrogens (primary N) is 1. The Labute approximate surface area is 93.3 Å². The van der Waals surface area contributed by atoms with Gasteiger partial charge in [0, 0.05) is 11.1 Å². The fourth-order valence-corrected chi connectivity index (χ4v) is 1.79. The summed E-state index contributed by atoms with van der Waals surface area (Å²) in [6.45, 7) is 0.770.